The van der Waals surface area contributed by atoms with Crippen molar-refractivity contribution < 1.29 is 42.9 Å². The van der Waals surface area contributed by atoms with E-state index in [-0.39, 0.29) is 48.4 Å². The SMILES string of the molecule is CO[C@@]1(NC(=O)CSC(F)F)C(=O)N2C(C(=O)O)=C(Cn3nnn(CCO)c3=S)COC21. The summed E-state index contributed by atoms with van der Waals surface area (Å²) in [5, 5.41) is 28.5. The number of ether oxygens (including phenoxy) is 2. The molecular formula is C15H18F2N6O7S2. The zero-order chi connectivity index (χ0) is 23.6. The van der Waals surface area contributed by atoms with Gasteiger partial charge < -0.3 is 25.0 Å². The normalized spacial score (nSPS) is 22.7. The molecule has 2 aliphatic heterocycles. The molecule has 1 unspecified atom stereocenters. The lowest BCUT2D eigenvalue weighted by Crippen LogP contribution is -2.82. The Hall–Kier alpha value is -2.47. The highest BCUT2D eigenvalue weighted by Gasteiger charge is 2.67. The molecule has 1 aromatic heterocycles. The molecule has 2 amide bonds. The lowest BCUT2D eigenvalue weighted by atomic mass is 9.94. The predicted molar refractivity (Wildman–Crippen MR) is 104 cm³/mol. The number of β-lactam (4-membered cyclic amide) rings is 1. The number of thioether (sulfide) groups is 1. The molecular weight excluding hydrogens is 478 g/mol. The minimum Gasteiger partial charge on any atom is -0.477 e. The summed E-state index contributed by atoms with van der Waals surface area (Å²) in [5.41, 5.74) is -2.32. The van der Waals surface area contributed by atoms with Crippen LogP contribution in [0.1, 0.15) is 0 Å². The maximum Gasteiger partial charge on any atom is 0.352 e. The van der Waals surface area contributed by atoms with Crippen LogP contribution in [0.5, 0.6) is 0 Å². The Morgan fingerprint density at radius 2 is 2.12 bits per heavy atom. The number of halogens is 2. The Balaban J connectivity index is 1.85. The van der Waals surface area contributed by atoms with E-state index in [0.29, 0.717) is 0 Å². The summed E-state index contributed by atoms with van der Waals surface area (Å²) in [6.45, 7) is -0.590. The number of tetrazole rings is 1. The molecule has 0 bridgehead atoms. The number of aromatic nitrogens is 4. The topological polar surface area (TPSA) is 161 Å². The highest BCUT2D eigenvalue weighted by molar-refractivity contribution is 8.00. The number of rotatable bonds is 10. The highest BCUT2D eigenvalue weighted by atomic mass is 32.2. The monoisotopic (exact) mass is 496 g/mol. The average molecular weight is 496 g/mol. The van der Waals surface area contributed by atoms with Crippen molar-refractivity contribution in [2.24, 2.45) is 0 Å². The van der Waals surface area contributed by atoms with E-state index in [2.05, 4.69) is 15.7 Å². The molecule has 0 aromatic carbocycles. The van der Waals surface area contributed by atoms with Crippen LogP contribution in [-0.2, 0) is 36.9 Å². The van der Waals surface area contributed by atoms with Gasteiger partial charge in [-0.15, -0.1) is 0 Å². The summed E-state index contributed by atoms with van der Waals surface area (Å²) in [7, 11) is 1.09. The molecule has 1 fully saturated rings. The molecule has 2 atom stereocenters. The first-order valence-corrected chi connectivity index (χ1v) is 10.4. The standard InChI is InChI=1S/C15H18F2N6O7S2/c1-29-15(18-8(25)6-32-13(16)17)11(28)23-9(10(26)27)7(5-30-12(15)23)4-22-14(31)21(2-3-24)19-20-22/h12-13,24H,2-6H2,1H3,(H,18,25)(H,26,27)/t12?,15-/m0/s1. The molecule has 0 radical (unpaired) electrons. The molecule has 32 heavy (non-hydrogen) atoms. The number of hydrogen-bond acceptors (Lipinski definition) is 10. The van der Waals surface area contributed by atoms with E-state index in [0.717, 1.165) is 12.0 Å². The molecule has 1 saturated heterocycles. The summed E-state index contributed by atoms with van der Waals surface area (Å²) >= 11 is 5.23. The van der Waals surface area contributed by atoms with E-state index in [9.17, 15) is 28.3 Å². The van der Waals surface area contributed by atoms with Crippen molar-refractivity contribution in [1.29, 1.82) is 0 Å². The van der Waals surface area contributed by atoms with Crippen molar-refractivity contribution >= 4 is 41.8 Å². The Kier molecular flexibility index (Phi) is 7.23. The number of carbonyl (C=O) groups excluding carboxylic acids is 2. The summed E-state index contributed by atoms with van der Waals surface area (Å²) in [4.78, 5) is 37.6. The molecule has 0 aliphatic carbocycles. The van der Waals surface area contributed by atoms with Gasteiger partial charge in [-0.3, -0.25) is 14.5 Å². The van der Waals surface area contributed by atoms with Gasteiger partial charge in [0.05, 0.1) is 32.1 Å². The quantitative estimate of drug-likeness (QED) is 0.202. The molecule has 0 saturated carbocycles. The van der Waals surface area contributed by atoms with Crippen LogP contribution in [0.25, 0.3) is 0 Å². The van der Waals surface area contributed by atoms with E-state index >= 15 is 0 Å². The number of nitrogens with zero attached hydrogens (tertiary/aromatic N) is 5. The van der Waals surface area contributed by atoms with Gasteiger partial charge in [0.15, 0.2) is 6.23 Å². The first-order chi connectivity index (χ1) is 15.2. The van der Waals surface area contributed by atoms with Crippen LogP contribution in [0, 0.1) is 4.77 Å². The third kappa shape index (κ3) is 4.25. The molecule has 2 aliphatic rings. The number of hydrogen-bond donors (Lipinski definition) is 3. The summed E-state index contributed by atoms with van der Waals surface area (Å²) in [5.74, 6) is -6.72. The largest absolute Gasteiger partial charge is 0.477 e. The number of methoxy groups -OCH3 is 1. The van der Waals surface area contributed by atoms with E-state index in [1.165, 1.54) is 9.36 Å². The number of carboxylic acid groups (broad SMARTS) is 1. The summed E-state index contributed by atoms with van der Waals surface area (Å²) in [6.07, 6.45) is -1.33. The van der Waals surface area contributed by atoms with Crippen LogP contribution >= 0.6 is 24.0 Å². The third-order valence-electron chi connectivity index (χ3n) is 4.65. The minimum atomic E-state index is -2.79. The van der Waals surface area contributed by atoms with Gasteiger partial charge in [0.25, 0.3) is 17.4 Å². The van der Waals surface area contributed by atoms with Crippen LogP contribution in [0.4, 0.5) is 8.78 Å². The van der Waals surface area contributed by atoms with Crippen molar-refractivity contribution in [3.63, 3.8) is 0 Å². The van der Waals surface area contributed by atoms with Crippen LogP contribution in [0.2, 0.25) is 0 Å². The van der Waals surface area contributed by atoms with Crippen molar-refractivity contribution in [3.8, 4) is 0 Å². The second kappa shape index (κ2) is 9.57. The highest BCUT2D eigenvalue weighted by Crippen LogP contribution is 2.40. The van der Waals surface area contributed by atoms with Gasteiger partial charge in [0.1, 0.15) is 5.70 Å². The first-order valence-electron chi connectivity index (χ1n) is 8.94. The molecule has 3 N–H and O–H groups in total. The van der Waals surface area contributed by atoms with Crippen LogP contribution < -0.4 is 5.32 Å². The van der Waals surface area contributed by atoms with Gasteiger partial charge in [-0.05, 0) is 22.6 Å². The maximum atomic E-state index is 12.9. The number of aliphatic hydroxyl groups excluding tert-OH is 1. The third-order valence-corrected chi connectivity index (χ3v) is 5.75. The lowest BCUT2D eigenvalue weighted by Gasteiger charge is -2.55. The molecule has 13 nitrogen and oxygen atoms in total. The fourth-order valence-electron chi connectivity index (χ4n) is 3.27. The zero-order valence-electron chi connectivity index (χ0n) is 16.4. The molecule has 3 rings (SSSR count). The van der Waals surface area contributed by atoms with Crippen molar-refractivity contribution in [3.05, 3.63) is 16.0 Å². The Bertz CT molecular complexity index is 1010. The fourth-order valence-corrected chi connectivity index (χ4v) is 3.85. The van der Waals surface area contributed by atoms with Gasteiger partial charge in [0.2, 0.25) is 10.7 Å². The molecule has 3 heterocycles. The molecule has 0 spiro atoms. The lowest BCUT2D eigenvalue weighted by molar-refractivity contribution is -0.258. The zero-order valence-corrected chi connectivity index (χ0v) is 18.1. The van der Waals surface area contributed by atoms with E-state index in [1.807, 2.05) is 0 Å². The van der Waals surface area contributed by atoms with Crippen LogP contribution in [0.3, 0.4) is 0 Å². The number of carboxylic acids is 1. The smallest absolute Gasteiger partial charge is 0.352 e. The van der Waals surface area contributed by atoms with Gasteiger partial charge in [-0.2, -0.15) is 8.78 Å². The summed E-state index contributed by atoms with van der Waals surface area (Å²) < 4.78 is 37.9. The average Bonchev–Trinajstić information content (AvgIpc) is 3.09. The number of carbonyl (C=O) groups is 3. The van der Waals surface area contributed by atoms with Crippen molar-refractivity contribution in [2.75, 3.05) is 26.1 Å². The number of aliphatic carboxylic acids is 1. The second-order valence-corrected chi connectivity index (χ2v) is 7.86. The van der Waals surface area contributed by atoms with Crippen LogP contribution in [0.15, 0.2) is 11.3 Å². The Morgan fingerprint density at radius 1 is 1.44 bits per heavy atom. The van der Waals surface area contributed by atoms with Crippen molar-refractivity contribution in [2.45, 2.75) is 30.8 Å². The number of aliphatic hydroxyl groups is 1. The van der Waals surface area contributed by atoms with Gasteiger partial charge >= 0.3 is 5.97 Å². The number of alkyl halides is 2. The first kappa shape index (κ1) is 24.2. The summed E-state index contributed by atoms with van der Waals surface area (Å²) in [6, 6.07) is 0. The minimum absolute atomic E-state index is 0.0563. The predicted octanol–water partition coefficient (Wildman–Crippen LogP) is -1.25. The van der Waals surface area contributed by atoms with Crippen LogP contribution in [-0.4, -0.2) is 96.5 Å². The number of fused-ring (bicyclic) bond motifs is 1. The van der Waals surface area contributed by atoms with E-state index < -0.39 is 46.9 Å². The molecule has 1 aromatic rings. The Labute approximate surface area is 187 Å². The Morgan fingerprint density at radius 3 is 2.72 bits per heavy atom. The van der Waals surface area contributed by atoms with E-state index in [1.54, 1.807) is 0 Å². The maximum absolute atomic E-state index is 12.9. The molecule has 176 valence electrons. The number of nitrogens with one attached hydrogen (secondary N) is 1. The van der Waals surface area contributed by atoms with E-state index in [4.69, 9.17) is 26.8 Å². The van der Waals surface area contributed by atoms with Gasteiger partial charge in [-0.25, -0.2) is 14.2 Å². The van der Waals surface area contributed by atoms with Crippen molar-refractivity contribution in [1.82, 2.24) is 30.0 Å². The fraction of sp³-hybridized carbons (Fsp3) is 0.600. The van der Waals surface area contributed by atoms with Gasteiger partial charge in [-0.1, -0.05) is 11.8 Å². The molecule has 17 heteroatoms. The van der Waals surface area contributed by atoms with Gasteiger partial charge in [0, 0.05) is 12.7 Å². The second-order valence-electron chi connectivity index (χ2n) is 6.52. The number of amides is 2.